The van der Waals surface area contributed by atoms with E-state index in [1.165, 1.54) is 11.1 Å². The number of amides is 1. The third-order valence-electron chi connectivity index (χ3n) is 6.51. The van der Waals surface area contributed by atoms with Gasteiger partial charge in [-0.05, 0) is 49.4 Å². The Balaban J connectivity index is 1.47. The molecular formula is C25H32N4O3S. The van der Waals surface area contributed by atoms with E-state index in [-0.39, 0.29) is 28.1 Å². The molecule has 0 bridgehead atoms. The fourth-order valence-electron chi connectivity index (χ4n) is 4.41. The van der Waals surface area contributed by atoms with Gasteiger partial charge in [0.05, 0.1) is 4.90 Å². The molecule has 2 aliphatic heterocycles. The Bertz CT molecular complexity index is 1190. The van der Waals surface area contributed by atoms with Crippen LogP contribution >= 0.6 is 0 Å². The number of aliphatic imine (C=N–C) groups is 1. The summed E-state index contributed by atoms with van der Waals surface area (Å²) in [4.78, 5) is 20.3. The summed E-state index contributed by atoms with van der Waals surface area (Å²) in [6.45, 7) is 10.4. The predicted molar refractivity (Wildman–Crippen MR) is 130 cm³/mol. The molecule has 2 aliphatic rings. The SMILES string of the molecule is CC(C)[C@H](N=C1NS(=O)(=O)c2ccccc21)C(=O)NCC(C)(C)N1CCc2ccccc2C1. The molecule has 1 amide bonds. The normalized spacial score (nSPS) is 19.6. The van der Waals surface area contributed by atoms with Gasteiger partial charge in [0.2, 0.25) is 5.91 Å². The average molecular weight is 469 g/mol. The number of amidine groups is 1. The van der Waals surface area contributed by atoms with Crippen molar-refractivity contribution in [2.24, 2.45) is 10.9 Å². The van der Waals surface area contributed by atoms with Gasteiger partial charge in [0.1, 0.15) is 11.9 Å². The highest BCUT2D eigenvalue weighted by atomic mass is 32.2. The molecule has 0 fully saturated rings. The number of fused-ring (bicyclic) bond motifs is 2. The third kappa shape index (κ3) is 4.82. The quantitative estimate of drug-likeness (QED) is 0.682. The molecule has 2 N–H and O–H groups in total. The van der Waals surface area contributed by atoms with Gasteiger partial charge in [-0.1, -0.05) is 50.2 Å². The minimum Gasteiger partial charge on any atom is -0.352 e. The summed E-state index contributed by atoms with van der Waals surface area (Å²) in [6.07, 6.45) is 0.995. The molecule has 0 aromatic heterocycles. The van der Waals surface area contributed by atoms with Gasteiger partial charge >= 0.3 is 0 Å². The molecule has 0 saturated heterocycles. The van der Waals surface area contributed by atoms with E-state index >= 15 is 0 Å². The van der Waals surface area contributed by atoms with Crippen molar-refractivity contribution in [3.05, 3.63) is 65.2 Å². The van der Waals surface area contributed by atoms with Crippen LogP contribution in [0.15, 0.2) is 58.4 Å². The first-order valence-electron chi connectivity index (χ1n) is 11.4. The Kier molecular flexibility index (Phi) is 6.33. The smallest absolute Gasteiger partial charge is 0.263 e. The summed E-state index contributed by atoms with van der Waals surface area (Å²) in [7, 11) is -3.65. The number of sulfonamides is 1. The first-order chi connectivity index (χ1) is 15.6. The molecule has 8 heteroatoms. The molecule has 1 atom stereocenters. The van der Waals surface area contributed by atoms with E-state index in [9.17, 15) is 13.2 Å². The van der Waals surface area contributed by atoms with E-state index in [0.717, 1.165) is 19.5 Å². The number of hydrogen-bond donors (Lipinski definition) is 2. The Morgan fingerprint density at radius 1 is 1.12 bits per heavy atom. The summed E-state index contributed by atoms with van der Waals surface area (Å²) in [5.74, 6) is -0.0716. The van der Waals surface area contributed by atoms with Crippen LogP contribution in [0, 0.1) is 5.92 Å². The molecule has 0 unspecified atom stereocenters. The largest absolute Gasteiger partial charge is 0.352 e. The summed E-state index contributed by atoms with van der Waals surface area (Å²) in [5.41, 5.74) is 2.99. The standard InChI is InChI=1S/C25H32N4O3S/c1-17(2)22(27-23-20-11-7-8-12-21(20)33(31,32)28-23)24(30)26-16-25(3,4)29-14-13-18-9-5-6-10-19(18)15-29/h5-12,17,22H,13-16H2,1-4H3,(H,26,30)(H,27,28)/t22-/m0/s1. The first-order valence-corrected chi connectivity index (χ1v) is 12.9. The van der Waals surface area contributed by atoms with E-state index in [1.54, 1.807) is 24.3 Å². The van der Waals surface area contributed by atoms with Crippen LogP contribution < -0.4 is 10.0 Å². The Morgan fingerprint density at radius 3 is 2.52 bits per heavy atom. The minimum absolute atomic E-state index is 0.0975. The van der Waals surface area contributed by atoms with Gasteiger partial charge in [-0.25, -0.2) is 8.42 Å². The van der Waals surface area contributed by atoms with Crippen molar-refractivity contribution in [1.82, 2.24) is 14.9 Å². The lowest BCUT2D eigenvalue weighted by Crippen LogP contribution is -2.54. The van der Waals surface area contributed by atoms with Gasteiger partial charge in [-0.3, -0.25) is 19.4 Å². The molecule has 33 heavy (non-hydrogen) atoms. The molecule has 2 heterocycles. The molecule has 4 rings (SSSR count). The molecule has 0 aliphatic carbocycles. The number of carbonyl (C=O) groups excluding carboxylic acids is 1. The van der Waals surface area contributed by atoms with Gasteiger partial charge in [-0.15, -0.1) is 0 Å². The van der Waals surface area contributed by atoms with E-state index in [1.807, 2.05) is 13.8 Å². The number of carbonyl (C=O) groups is 1. The lowest BCUT2D eigenvalue weighted by atomic mass is 9.94. The maximum Gasteiger partial charge on any atom is 0.263 e. The predicted octanol–water partition coefficient (Wildman–Crippen LogP) is 2.70. The van der Waals surface area contributed by atoms with Crippen LogP contribution in [0.5, 0.6) is 0 Å². The highest BCUT2D eigenvalue weighted by Crippen LogP contribution is 2.26. The Hall–Kier alpha value is -2.71. The van der Waals surface area contributed by atoms with Crippen molar-refractivity contribution < 1.29 is 13.2 Å². The fourth-order valence-corrected chi connectivity index (χ4v) is 5.65. The van der Waals surface area contributed by atoms with E-state index in [4.69, 9.17) is 0 Å². The van der Waals surface area contributed by atoms with Crippen LogP contribution in [0.1, 0.15) is 44.4 Å². The topological polar surface area (TPSA) is 90.9 Å². The number of rotatable bonds is 6. The number of benzene rings is 2. The van der Waals surface area contributed by atoms with Crippen molar-refractivity contribution in [2.45, 2.75) is 57.1 Å². The van der Waals surface area contributed by atoms with Gasteiger partial charge < -0.3 is 5.32 Å². The first kappa shape index (κ1) is 23.4. The van der Waals surface area contributed by atoms with Crippen molar-refractivity contribution in [2.75, 3.05) is 13.1 Å². The van der Waals surface area contributed by atoms with E-state index in [0.29, 0.717) is 12.1 Å². The Morgan fingerprint density at radius 2 is 1.79 bits per heavy atom. The number of nitrogens with one attached hydrogen (secondary N) is 2. The van der Waals surface area contributed by atoms with Gasteiger partial charge in [0.15, 0.2) is 0 Å². The molecule has 2 aromatic carbocycles. The third-order valence-corrected chi connectivity index (χ3v) is 7.91. The molecule has 0 spiro atoms. The second kappa shape index (κ2) is 8.91. The lowest BCUT2D eigenvalue weighted by molar-refractivity contribution is -0.123. The zero-order valence-electron chi connectivity index (χ0n) is 19.6. The minimum atomic E-state index is -3.65. The maximum absolute atomic E-state index is 13.2. The second-order valence-corrected chi connectivity index (χ2v) is 11.4. The molecule has 7 nitrogen and oxygen atoms in total. The van der Waals surface area contributed by atoms with Crippen molar-refractivity contribution in [3.63, 3.8) is 0 Å². The zero-order valence-corrected chi connectivity index (χ0v) is 20.4. The molecular weight excluding hydrogens is 436 g/mol. The van der Waals surface area contributed by atoms with Gasteiger partial charge in [-0.2, -0.15) is 0 Å². The summed E-state index contributed by atoms with van der Waals surface area (Å²) >= 11 is 0. The van der Waals surface area contributed by atoms with E-state index < -0.39 is 16.1 Å². The number of hydrogen-bond acceptors (Lipinski definition) is 5. The maximum atomic E-state index is 13.2. The van der Waals surface area contributed by atoms with Crippen LogP contribution in [0.25, 0.3) is 0 Å². The zero-order chi connectivity index (χ0) is 23.8. The molecule has 0 saturated carbocycles. The average Bonchev–Trinajstić information content (AvgIpc) is 3.05. The number of nitrogens with zero attached hydrogens (tertiary/aromatic N) is 2. The summed E-state index contributed by atoms with van der Waals surface area (Å²) in [5, 5.41) is 3.08. The second-order valence-electron chi connectivity index (χ2n) is 9.74. The van der Waals surface area contributed by atoms with Crippen molar-refractivity contribution in [1.29, 1.82) is 0 Å². The van der Waals surface area contributed by atoms with Crippen LogP contribution in [-0.4, -0.2) is 49.7 Å². The van der Waals surface area contributed by atoms with Crippen LogP contribution in [0.3, 0.4) is 0 Å². The van der Waals surface area contributed by atoms with Gasteiger partial charge in [0, 0.05) is 30.7 Å². The molecule has 2 aromatic rings. The van der Waals surface area contributed by atoms with Crippen LogP contribution in [0.4, 0.5) is 0 Å². The molecule has 176 valence electrons. The van der Waals surface area contributed by atoms with E-state index in [2.05, 4.69) is 58.0 Å². The summed E-state index contributed by atoms with van der Waals surface area (Å²) in [6, 6.07) is 14.5. The van der Waals surface area contributed by atoms with Gasteiger partial charge in [0.25, 0.3) is 10.0 Å². The fraction of sp³-hybridized carbons (Fsp3) is 0.440. The van der Waals surface area contributed by atoms with Crippen LogP contribution in [-0.2, 0) is 27.8 Å². The molecule has 0 radical (unpaired) electrons. The highest BCUT2D eigenvalue weighted by Gasteiger charge is 2.34. The van der Waals surface area contributed by atoms with Crippen LogP contribution in [0.2, 0.25) is 0 Å². The Labute approximate surface area is 196 Å². The highest BCUT2D eigenvalue weighted by molar-refractivity contribution is 7.90. The monoisotopic (exact) mass is 468 g/mol. The summed E-state index contributed by atoms with van der Waals surface area (Å²) < 4.78 is 27.3. The lowest BCUT2D eigenvalue weighted by Gasteiger charge is -2.42. The van der Waals surface area contributed by atoms with Crippen molar-refractivity contribution in [3.8, 4) is 0 Å². The van der Waals surface area contributed by atoms with Crippen molar-refractivity contribution >= 4 is 21.8 Å².